The highest BCUT2D eigenvalue weighted by Crippen LogP contribution is 2.27. The maximum atomic E-state index is 13.8. The van der Waals surface area contributed by atoms with Crippen LogP contribution in [0.1, 0.15) is 44.7 Å². The second kappa shape index (κ2) is 4.31. The number of aliphatic hydroxyl groups excluding tert-OH is 1. The van der Waals surface area contributed by atoms with Crippen molar-refractivity contribution in [3.05, 3.63) is 35.1 Å². The average molecular weight is 210 g/mol. The molecule has 1 N–H and O–H groups in total. The first-order chi connectivity index (χ1) is 6.86. The summed E-state index contributed by atoms with van der Waals surface area (Å²) in [6, 6.07) is 5.24. The Kier molecular flexibility index (Phi) is 3.50. The standard InChI is InChI=1S/C13H19FO/c1-9(8-15)10-5-6-11(12(14)7-10)13(2,3)4/h5-7,9,15H,8H2,1-4H3. The molecule has 0 bridgehead atoms. The van der Waals surface area contributed by atoms with Crippen LogP contribution in [0.2, 0.25) is 0 Å². The molecule has 1 unspecified atom stereocenters. The molecule has 1 nitrogen and oxygen atoms in total. The normalized spacial score (nSPS) is 14.0. The predicted molar refractivity (Wildman–Crippen MR) is 60.6 cm³/mol. The summed E-state index contributed by atoms with van der Waals surface area (Å²) in [5.74, 6) is -0.186. The van der Waals surface area contributed by atoms with Crippen LogP contribution in [-0.2, 0) is 5.41 Å². The first-order valence-electron chi connectivity index (χ1n) is 5.27. The minimum Gasteiger partial charge on any atom is -0.396 e. The number of rotatable bonds is 2. The SMILES string of the molecule is CC(CO)c1ccc(C(C)(C)C)c(F)c1. The van der Waals surface area contributed by atoms with Gasteiger partial charge in [-0.1, -0.05) is 39.8 Å². The molecule has 1 rings (SSSR count). The molecule has 1 aromatic carbocycles. The molecule has 0 saturated carbocycles. The molecule has 0 heterocycles. The summed E-state index contributed by atoms with van der Waals surface area (Å²) >= 11 is 0. The van der Waals surface area contributed by atoms with E-state index in [4.69, 9.17) is 5.11 Å². The molecule has 84 valence electrons. The fourth-order valence-corrected chi connectivity index (χ4v) is 1.55. The minimum atomic E-state index is -0.180. The quantitative estimate of drug-likeness (QED) is 0.794. The zero-order valence-corrected chi connectivity index (χ0v) is 9.84. The van der Waals surface area contributed by atoms with Gasteiger partial charge in [0, 0.05) is 12.5 Å². The first kappa shape index (κ1) is 12.2. The zero-order valence-electron chi connectivity index (χ0n) is 9.84. The Balaban J connectivity index is 3.09. The van der Waals surface area contributed by atoms with Gasteiger partial charge in [-0.3, -0.25) is 0 Å². The summed E-state index contributed by atoms with van der Waals surface area (Å²) in [5, 5.41) is 8.99. The number of benzene rings is 1. The highest BCUT2D eigenvalue weighted by molar-refractivity contribution is 5.30. The van der Waals surface area contributed by atoms with Crippen LogP contribution < -0.4 is 0 Å². The molecule has 0 aliphatic rings. The van der Waals surface area contributed by atoms with Gasteiger partial charge in [-0.25, -0.2) is 4.39 Å². The summed E-state index contributed by atoms with van der Waals surface area (Å²) < 4.78 is 13.8. The van der Waals surface area contributed by atoms with Crippen molar-refractivity contribution in [3.63, 3.8) is 0 Å². The summed E-state index contributed by atoms with van der Waals surface area (Å²) in [7, 11) is 0. The van der Waals surface area contributed by atoms with Crippen molar-refractivity contribution in [1.82, 2.24) is 0 Å². The summed E-state index contributed by atoms with van der Waals surface area (Å²) in [6.45, 7) is 7.89. The molecular weight excluding hydrogens is 191 g/mol. The van der Waals surface area contributed by atoms with Gasteiger partial charge in [-0.2, -0.15) is 0 Å². The second-order valence-corrected chi connectivity index (χ2v) is 5.07. The first-order valence-corrected chi connectivity index (χ1v) is 5.27. The Morgan fingerprint density at radius 1 is 1.33 bits per heavy atom. The highest BCUT2D eigenvalue weighted by Gasteiger charge is 2.19. The molecule has 0 spiro atoms. The van der Waals surface area contributed by atoms with E-state index in [1.54, 1.807) is 0 Å². The third-order valence-electron chi connectivity index (χ3n) is 2.64. The fourth-order valence-electron chi connectivity index (χ4n) is 1.55. The molecule has 0 aliphatic carbocycles. The molecule has 15 heavy (non-hydrogen) atoms. The number of aliphatic hydroxyl groups is 1. The van der Waals surface area contributed by atoms with E-state index < -0.39 is 0 Å². The van der Waals surface area contributed by atoms with Crippen molar-refractivity contribution in [2.24, 2.45) is 0 Å². The van der Waals surface area contributed by atoms with Crippen molar-refractivity contribution in [3.8, 4) is 0 Å². The van der Waals surface area contributed by atoms with Crippen LogP contribution >= 0.6 is 0 Å². The molecule has 0 fully saturated rings. The van der Waals surface area contributed by atoms with Gasteiger partial charge in [0.15, 0.2) is 0 Å². The Hall–Kier alpha value is -0.890. The molecule has 1 aromatic rings. The zero-order chi connectivity index (χ0) is 11.6. The maximum absolute atomic E-state index is 13.8. The average Bonchev–Trinajstić information content (AvgIpc) is 2.14. The highest BCUT2D eigenvalue weighted by atomic mass is 19.1. The minimum absolute atomic E-state index is 0.00600. The predicted octanol–water partition coefficient (Wildman–Crippen LogP) is 3.22. The van der Waals surface area contributed by atoms with Crippen molar-refractivity contribution in [1.29, 1.82) is 0 Å². The van der Waals surface area contributed by atoms with Gasteiger partial charge in [0.05, 0.1) is 0 Å². The third kappa shape index (κ3) is 2.78. The van der Waals surface area contributed by atoms with Crippen LogP contribution in [0.5, 0.6) is 0 Å². The lowest BCUT2D eigenvalue weighted by atomic mass is 9.85. The van der Waals surface area contributed by atoms with Gasteiger partial charge in [0.25, 0.3) is 0 Å². The van der Waals surface area contributed by atoms with Crippen LogP contribution in [0.15, 0.2) is 18.2 Å². The molecule has 1 atom stereocenters. The Bertz CT molecular complexity index is 339. The van der Waals surface area contributed by atoms with E-state index in [1.807, 2.05) is 39.8 Å². The van der Waals surface area contributed by atoms with Gasteiger partial charge in [-0.05, 0) is 22.6 Å². The van der Waals surface area contributed by atoms with Crippen molar-refractivity contribution < 1.29 is 9.50 Å². The van der Waals surface area contributed by atoms with E-state index in [-0.39, 0.29) is 23.8 Å². The lowest BCUT2D eigenvalue weighted by Crippen LogP contribution is -2.14. The molecule has 0 aromatic heterocycles. The molecule has 0 amide bonds. The van der Waals surface area contributed by atoms with Gasteiger partial charge < -0.3 is 5.11 Å². The summed E-state index contributed by atoms with van der Waals surface area (Å²) in [5.41, 5.74) is 1.39. The van der Waals surface area contributed by atoms with Crippen LogP contribution in [0.4, 0.5) is 4.39 Å². The third-order valence-corrected chi connectivity index (χ3v) is 2.64. The van der Waals surface area contributed by atoms with E-state index >= 15 is 0 Å². The fraction of sp³-hybridized carbons (Fsp3) is 0.538. The smallest absolute Gasteiger partial charge is 0.127 e. The van der Waals surface area contributed by atoms with Crippen molar-refractivity contribution >= 4 is 0 Å². The van der Waals surface area contributed by atoms with Gasteiger partial charge in [0.2, 0.25) is 0 Å². The number of hydrogen-bond acceptors (Lipinski definition) is 1. The monoisotopic (exact) mass is 210 g/mol. The maximum Gasteiger partial charge on any atom is 0.127 e. The van der Waals surface area contributed by atoms with Crippen LogP contribution in [0.3, 0.4) is 0 Å². The van der Waals surface area contributed by atoms with E-state index in [0.717, 1.165) is 11.1 Å². The van der Waals surface area contributed by atoms with E-state index in [9.17, 15) is 4.39 Å². The largest absolute Gasteiger partial charge is 0.396 e. The Labute approximate surface area is 90.9 Å². The Morgan fingerprint density at radius 2 is 1.93 bits per heavy atom. The molecule has 0 aliphatic heterocycles. The van der Waals surface area contributed by atoms with Crippen LogP contribution in [0, 0.1) is 5.82 Å². The lowest BCUT2D eigenvalue weighted by Gasteiger charge is -2.21. The van der Waals surface area contributed by atoms with Gasteiger partial charge in [-0.15, -0.1) is 0 Å². The molecule has 0 saturated heterocycles. The van der Waals surface area contributed by atoms with Crippen molar-refractivity contribution in [2.75, 3.05) is 6.61 Å². The number of hydrogen-bond donors (Lipinski definition) is 1. The summed E-state index contributed by atoms with van der Waals surface area (Å²) in [6.07, 6.45) is 0. The van der Waals surface area contributed by atoms with Crippen LogP contribution in [0.25, 0.3) is 0 Å². The topological polar surface area (TPSA) is 20.2 Å². The molecular formula is C13H19FO. The van der Waals surface area contributed by atoms with E-state index in [1.165, 1.54) is 6.07 Å². The number of halogens is 1. The van der Waals surface area contributed by atoms with Gasteiger partial charge in [0.1, 0.15) is 5.82 Å². The Morgan fingerprint density at radius 3 is 2.33 bits per heavy atom. The van der Waals surface area contributed by atoms with E-state index in [0.29, 0.717) is 0 Å². The summed E-state index contributed by atoms with van der Waals surface area (Å²) in [4.78, 5) is 0. The molecule has 0 radical (unpaired) electrons. The molecule has 2 heteroatoms. The van der Waals surface area contributed by atoms with Crippen LogP contribution in [-0.4, -0.2) is 11.7 Å². The second-order valence-electron chi connectivity index (χ2n) is 5.07. The van der Waals surface area contributed by atoms with E-state index in [2.05, 4.69) is 0 Å². The van der Waals surface area contributed by atoms with Crippen molar-refractivity contribution in [2.45, 2.75) is 39.0 Å². The van der Waals surface area contributed by atoms with Gasteiger partial charge >= 0.3 is 0 Å². The lowest BCUT2D eigenvalue weighted by molar-refractivity contribution is 0.273.